The highest BCUT2D eigenvalue weighted by Crippen LogP contribution is 2.25. The number of hydrogen-bond acceptors (Lipinski definition) is 7. The third-order valence-corrected chi connectivity index (χ3v) is 8.48. The number of unbranched alkanes of at least 4 members (excludes halogenated alkanes) is 1. The van der Waals surface area contributed by atoms with Crippen LogP contribution in [0.5, 0.6) is 0 Å². The van der Waals surface area contributed by atoms with Crippen LogP contribution in [0.2, 0.25) is 0 Å². The molecule has 4 rings (SSSR count). The van der Waals surface area contributed by atoms with Crippen molar-refractivity contribution in [2.45, 2.75) is 51.4 Å². The van der Waals surface area contributed by atoms with Gasteiger partial charge in [0.1, 0.15) is 0 Å². The van der Waals surface area contributed by atoms with E-state index in [0.717, 1.165) is 43.4 Å². The summed E-state index contributed by atoms with van der Waals surface area (Å²) in [6, 6.07) is 32.9. The van der Waals surface area contributed by atoms with Crippen molar-refractivity contribution in [1.29, 1.82) is 0 Å². The fourth-order valence-electron chi connectivity index (χ4n) is 4.95. The van der Waals surface area contributed by atoms with Gasteiger partial charge in [-0.3, -0.25) is 9.69 Å². The molecule has 0 aliphatic heterocycles. The van der Waals surface area contributed by atoms with Gasteiger partial charge in [-0.2, -0.15) is 0 Å². The first-order valence-electron chi connectivity index (χ1n) is 14.8. The number of ether oxygens (including phenoxy) is 3. The maximum Gasteiger partial charge on any atom is 0.337 e. The summed E-state index contributed by atoms with van der Waals surface area (Å²) in [6.07, 6.45) is 3.92. The van der Waals surface area contributed by atoms with Crippen LogP contribution in [0.15, 0.2) is 97.1 Å². The van der Waals surface area contributed by atoms with Crippen molar-refractivity contribution in [3.63, 3.8) is 0 Å². The molecule has 1 heterocycles. The van der Waals surface area contributed by atoms with Crippen LogP contribution in [-0.4, -0.2) is 44.1 Å². The van der Waals surface area contributed by atoms with Crippen LogP contribution < -0.4 is 0 Å². The maximum absolute atomic E-state index is 11.9. The number of rotatable bonds is 17. The van der Waals surface area contributed by atoms with Crippen LogP contribution in [0.1, 0.15) is 62.2 Å². The number of hydrogen-bond donors (Lipinski definition) is 0. The first kappa shape index (κ1) is 32.1. The largest absolute Gasteiger partial charge is 0.469 e. The van der Waals surface area contributed by atoms with Crippen molar-refractivity contribution in [2.75, 3.05) is 27.3 Å². The Hall–Kier alpha value is -3.78. The maximum atomic E-state index is 11.9. The Morgan fingerprint density at radius 1 is 0.744 bits per heavy atom. The molecule has 0 radical (unpaired) electrons. The lowest BCUT2D eigenvalue weighted by Gasteiger charge is -2.28. The van der Waals surface area contributed by atoms with Gasteiger partial charge in [0.15, 0.2) is 0 Å². The number of thiophene rings is 1. The molecule has 1 aromatic heterocycles. The third kappa shape index (κ3) is 10.8. The van der Waals surface area contributed by atoms with Gasteiger partial charge in [-0.15, -0.1) is 11.3 Å². The summed E-state index contributed by atoms with van der Waals surface area (Å²) in [6.45, 7) is 2.72. The molecule has 43 heavy (non-hydrogen) atoms. The van der Waals surface area contributed by atoms with Crippen molar-refractivity contribution in [3.8, 4) is 0 Å². The van der Waals surface area contributed by atoms with E-state index in [1.54, 1.807) is 12.1 Å². The molecule has 6 nitrogen and oxygen atoms in total. The number of carbonyl (C=O) groups excluding carboxylic acids is 2. The zero-order chi connectivity index (χ0) is 30.3. The van der Waals surface area contributed by atoms with E-state index in [4.69, 9.17) is 14.2 Å². The molecule has 0 saturated carbocycles. The fraction of sp³-hybridized carbons (Fsp3) is 0.333. The summed E-state index contributed by atoms with van der Waals surface area (Å²) in [5.74, 6) is -0.532. The molecule has 0 aliphatic rings. The minimum absolute atomic E-state index is 0.133. The first-order chi connectivity index (χ1) is 21.0. The molecule has 3 aromatic carbocycles. The van der Waals surface area contributed by atoms with E-state index in [1.165, 1.54) is 29.5 Å². The van der Waals surface area contributed by atoms with Gasteiger partial charge < -0.3 is 14.2 Å². The van der Waals surface area contributed by atoms with Crippen molar-refractivity contribution < 1.29 is 23.8 Å². The highest BCUT2D eigenvalue weighted by molar-refractivity contribution is 7.11. The predicted molar refractivity (Wildman–Crippen MR) is 171 cm³/mol. The van der Waals surface area contributed by atoms with Gasteiger partial charge >= 0.3 is 11.9 Å². The highest BCUT2D eigenvalue weighted by Gasteiger charge is 2.19. The molecule has 4 aromatic rings. The smallest absolute Gasteiger partial charge is 0.337 e. The molecule has 0 amide bonds. The monoisotopic (exact) mass is 599 g/mol. The second kappa shape index (κ2) is 17.4. The van der Waals surface area contributed by atoms with Crippen LogP contribution >= 0.6 is 11.3 Å². The standard InChI is InChI=1S/C36H41NO5S/c1-40-35(38)15-9-10-24-37(25-29-16-19-31(20-17-29)36(39)41-2)26-34(30-13-7-4-8-14-30)42-27-33-23-22-32(43-33)21-18-28-11-5-3-6-12-28/h3-8,11-14,16-17,19-20,22-23,34H,9-10,15,18,21,24-27H2,1-2H3/t34-/m0/s1. The predicted octanol–water partition coefficient (Wildman–Crippen LogP) is 7.42. The first-order valence-corrected chi connectivity index (χ1v) is 15.6. The summed E-state index contributed by atoms with van der Waals surface area (Å²) in [5.41, 5.74) is 4.10. The number of aryl methyl sites for hydroxylation is 2. The lowest BCUT2D eigenvalue weighted by atomic mass is 10.1. The minimum Gasteiger partial charge on any atom is -0.469 e. The zero-order valence-electron chi connectivity index (χ0n) is 25.1. The second-order valence-corrected chi connectivity index (χ2v) is 11.8. The number of methoxy groups -OCH3 is 2. The molecule has 0 saturated heterocycles. The van der Waals surface area contributed by atoms with Gasteiger partial charge in [0.25, 0.3) is 0 Å². The van der Waals surface area contributed by atoms with Gasteiger partial charge in [0.2, 0.25) is 0 Å². The quantitative estimate of drug-likeness (QED) is 0.0930. The van der Waals surface area contributed by atoms with Gasteiger partial charge in [0.05, 0.1) is 32.5 Å². The van der Waals surface area contributed by atoms with E-state index in [-0.39, 0.29) is 18.0 Å². The number of esters is 2. The van der Waals surface area contributed by atoms with Crippen LogP contribution in [-0.2, 0) is 45.0 Å². The van der Waals surface area contributed by atoms with E-state index in [9.17, 15) is 9.59 Å². The van der Waals surface area contributed by atoms with Crippen molar-refractivity contribution >= 4 is 23.3 Å². The van der Waals surface area contributed by atoms with E-state index in [0.29, 0.717) is 31.7 Å². The van der Waals surface area contributed by atoms with Crippen molar-refractivity contribution in [1.82, 2.24) is 4.90 Å². The highest BCUT2D eigenvalue weighted by atomic mass is 32.1. The lowest BCUT2D eigenvalue weighted by molar-refractivity contribution is -0.140. The number of benzene rings is 3. The van der Waals surface area contributed by atoms with E-state index in [1.807, 2.05) is 41.7 Å². The topological polar surface area (TPSA) is 65.1 Å². The second-order valence-electron chi connectivity index (χ2n) is 10.5. The zero-order valence-corrected chi connectivity index (χ0v) is 25.9. The Morgan fingerprint density at radius 2 is 1.44 bits per heavy atom. The van der Waals surface area contributed by atoms with Crippen molar-refractivity contribution in [3.05, 3.63) is 129 Å². The Balaban J connectivity index is 1.43. The Labute approximate surface area is 259 Å². The molecule has 1 atom stereocenters. The lowest BCUT2D eigenvalue weighted by Crippen LogP contribution is -2.30. The van der Waals surface area contributed by atoms with Gasteiger partial charge in [-0.25, -0.2) is 4.79 Å². The summed E-state index contributed by atoms with van der Waals surface area (Å²) < 4.78 is 16.3. The molecule has 226 valence electrons. The fourth-order valence-corrected chi connectivity index (χ4v) is 5.89. The normalized spacial score (nSPS) is 11.8. The van der Waals surface area contributed by atoms with E-state index in [2.05, 4.69) is 59.5 Å². The van der Waals surface area contributed by atoms with Gasteiger partial charge in [0, 0.05) is 29.3 Å². The molecule has 0 fully saturated rings. The average molecular weight is 600 g/mol. The van der Waals surface area contributed by atoms with Crippen LogP contribution in [0, 0.1) is 0 Å². The average Bonchev–Trinajstić information content (AvgIpc) is 3.52. The van der Waals surface area contributed by atoms with Crippen LogP contribution in [0.3, 0.4) is 0 Å². The minimum atomic E-state index is -0.347. The molecule has 0 aliphatic carbocycles. The van der Waals surface area contributed by atoms with Crippen LogP contribution in [0.25, 0.3) is 0 Å². The Morgan fingerprint density at radius 3 is 2.14 bits per heavy atom. The SMILES string of the molecule is COC(=O)CCCCN(Cc1ccc(C(=O)OC)cc1)C[C@H](OCc1ccc(CCc2ccccc2)s1)c1ccccc1. The summed E-state index contributed by atoms with van der Waals surface area (Å²) >= 11 is 1.82. The Bertz CT molecular complexity index is 1390. The summed E-state index contributed by atoms with van der Waals surface area (Å²) in [7, 11) is 2.81. The molecule has 7 heteroatoms. The molecular weight excluding hydrogens is 558 g/mol. The molecule has 0 spiro atoms. The van der Waals surface area contributed by atoms with Gasteiger partial charge in [-0.05, 0) is 73.2 Å². The van der Waals surface area contributed by atoms with Gasteiger partial charge in [-0.1, -0.05) is 72.8 Å². The third-order valence-electron chi connectivity index (χ3n) is 7.36. The molecule has 0 N–H and O–H groups in total. The van der Waals surface area contributed by atoms with E-state index < -0.39 is 0 Å². The summed E-state index contributed by atoms with van der Waals surface area (Å²) in [4.78, 5) is 28.5. The number of nitrogens with zero attached hydrogens (tertiary/aromatic N) is 1. The summed E-state index contributed by atoms with van der Waals surface area (Å²) in [5, 5.41) is 0. The number of carbonyl (C=O) groups is 2. The molecule has 0 unspecified atom stereocenters. The molecular formula is C36H41NO5S. The molecule has 0 bridgehead atoms. The van der Waals surface area contributed by atoms with E-state index >= 15 is 0 Å². The van der Waals surface area contributed by atoms with Crippen molar-refractivity contribution in [2.24, 2.45) is 0 Å². The van der Waals surface area contributed by atoms with Crippen LogP contribution in [0.4, 0.5) is 0 Å². The Kier molecular flexibility index (Phi) is 13.0.